The van der Waals surface area contributed by atoms with Crippen LogP contribution in [-0.4, -0.2) is 57.0 Å². The van der Waals surface area contributed by atoms with E-state index in [1.54, 1.807) is 25.2 Å². The van der Waals surface area contributed by atoms with E-state index < -0.39 is 41.0 Å². The molecule has 41 heavy (non-hydrogen) atoms. The van der Waals surface area contributed by atoms with Gasteiger partial charge < -0.3 is 19.7 Å². The average molecular weight is 590 g/mol. The predicted octanol–water partition coefficient (Wildman–Crippen LogP) is 6.31. The van der Waals surface area contributed by atoms with Gasteiger partial charge in [-0.25, -0.2) is 4.98 Å². The van der Waals surface area contributed by atoms with Crippen LogP contribution < -0.4 is 0 Å². The molecule has 1 aromatic heterocycles. The van der Waals surface area contributed by atoms with Crippen molar-refractivity contribution in [3.8, 4) is 0 Å². The van der Waals surface area contributed by atoms with Crippen LogP contribution in [0.4, 0.5) is 0 Å². The largest absolute Gasteiger partial charge is 0.458 e. The maximum Gasteiger partial charge on any atom is 0.309 e. The number of ether oxygens (including phenoxy) is 2. The predicted molar refractivity (Wildman–Crippen MR) is 163 cm³/mol. The topological polar surface area (TPSA) is 109 Å². The lowest BCUT2D eigenvalue weighted by atomic mass is 9.61. The van der Waals surface area contributed by atoms with E-state index in [1.165, 1.54) is 0 Å². The minimum absolute atomic E-state index is 0.112. The molecular formula is C33H51NO6S. The van der Waals surface area contributed by atoms with Crippen molar-refractivity contribution in [2.24, 2.45) is 28.1 Å². The molecule has 3 heterocycles. The Hall–Kier alpha value is -1.87. The second-order valence-electron chi connectivity index (χ2n) is 14.3. The molecule has 1 aromatic rings. The average Bonchev–Trinajstić information content (AvgIpc) is 3.31. The zero-order valence-corrected chi connectivity index (χ0v) is 27.6. The molecule has 2 unspecified atom stereocenters. The number of carbonyl (C=O) groups is 2. The Bertz CT molecular complexity index is 1180. The number of ketones is 1. The van der Waals surface area contributed by atoms with Crippen LogP contribution in [0, 0.1) is 35.0 Å². The molecule has 0 bridgehead atoms. The minimum atomic E-state index is -1.25. The molecule has 0 aliphatic carbocycles. The summed E-state index contributed by atoms with van der Waals surface area (Å²) in [5.41, 5.74) is -1.26. The standard InChI is InChI=1S/C33H51NO6S/c1-19(15-23-18-41-22(4)34-23)24-16-26-33(11,40-26)14-12-13-30(5,6)20(2)28(37)21(3)31(7,8)29(38)32(9,10)25(35)17-27(36)39-24/h12-13,15,18,20-21,24-26,28,35,37H,14,16-17H2,1-11H3/b13-12-,19-15+/t20-,21-,24?,25+,26?,28+,33-/m1/s1. The number of aromatic nitrogens is 1. The first kappa shape index (κ1) is 33.6. The van der Waals surface area contributed by atoms with Gasteiger partial charge in [-0.3, -0.25) is 9.59 Å². The molecule has 2 aliphatic heterocycles. The number of aliphatic hydroxyl groups excluding tert-OH is 2. The van der Waals surface area contributed by atoms with E-state index in [2.05, 4.69) is 37.9 Å². The zero-order chi connectivity index (χ0) is 31.1. The Morgan fingerprint density at radius 1 is 1.05 bits per heavy atom. The molecule has 7 nitrogen and oxygen atoms in total. The van der Waals surface area contributed by atoms with Gasteiger partial charge in [-0.15, -0.1) is 11.3 Å². The van der Waals surface area contributed by atoms with Crippen molar-refractivity contribution < 1.29 is 29.3 Å². The number of fused-ring (bicyclic) bond motifs is 1. The molecule has 230 valence electrons. The molecule has 3 rings (SSSR count). The number of thiazole rings is 1. The van der Waals surface area contributed by atoms with Crippen LogP contribution in [-0.2, 0) is 19.1 Å². The molecule has 0 spiro atoms. The second-order valence-corrected chi connectivity index (χ2v) is 15.4. The molecule has 0 aromatic carbocycles. The summed E-state index contributed by atoms with van der Waals surface area (Å²) in [5, 5.41) is 25.6. The molecule has 0 saturated carbocycles. The van der Waals surface area contributed by atoms with Crippen molar-refractivity contribution in [1.29, 1.82) is 0 Å². The van der Waals surface area contributed by atoms with E-state index in [4.69, 9.17) is 9.47 Å². The Labute approximate surface area is 250 Å². The number of allylic oxidation sites excluding steroid dienone is 1. The SMILES string of the molecule is C/C(=C\c1csc(C)n1)C1CC2O[C@]2(C)C/C=C\C(C)(C)[C@H](C)[C@H](O)[C@@H](C)C(C)(C)C(=O)C(C)(C)[C@@H](O)CC(=O)O1. The highest BCUT2D eigenvalue weighted by atomic mass is 32.1. The molecule has 0 radical (unpaired) electrons. The number of epoxide rings is 1. The summed E-state index contributed by atoms with van der Waals surface area (Å²) in [4.78, 5) is 31.7. The van der Waals surface area contributed by atoms with Crippen LogP contribution in [0.15, 0.2) is 23.1 Å². The Morgan fingerprint density at radius 3 is 2.27 bits per heavy atom. The Morgan fingerprint density at radius 2 is 1.68 bits per heavy atom. The first-order chi connectivity index (χ1) is 18.7. The summed E-state index contributed by atoms with van der Waals surface area (Å²) in [6.45, 7) is 21.0. The van der Waals surface area contributed by atoms with Crippen molar-refractivity contribution in [1.82, 2.24) is 4.98 Å². The van der Waals surface area contributed by atoms with Crippen LogP contribution >= 0.6 is 11.3 Å². The molecule has 7 atom stereocenters. The first-order valence-electron chi connectivity index (χ1n) is 14.8. The number of nitrogens with zero attached hydrogens (tertiary/aromatic N) is 1. The fraction of sp³-hybridized carbons (Fsp3) is 0.727. The van der Waals surface area contributed by atoms with Gasteiger partial charge in [-0.2, -0.15) is 0 Å². The van der Waals surface area contributed by atoms with Crippen LogP contribution in [0.2, 0.25) is 0 Å². The number of aliphatic hydroxyl groups is 2. The van der Waals surface area contributed by atoms with Crippen molar-refractivity contribution >= 4 is 29.2 Å². The van der Waals surface area contributed by atoms with E-state index in [-0.39, 0.29) is 35.2 Å². The van der Waals surface area contributed by atoms with Gasteiger partial charge in [0.1, 0.15) is 11.9 Å². The van der Waals surface area contributed by atoms with Crippen LogP contribution in [0.3, 0.4) is 0 Å². The molecule has 1 saturated heterocycles. The number of cyclic esters (lactones) is 1. The maximum atomic E-state index is 13.9. The summed E-state index contributed by atoms with van der Waals surface area (Å²) in [7, 11) is 0. The van der Waals surface area contributed by atoms with E-state index in [9.17, 15) is 19.8 Å². The number of aryl methyl sites for hydroxylation is 1. The third-order valence-corrected chi connectivity index (χ3v) is 10.8. The number of carbonyl (C=O) groups excluding carboxylic acids is 2. The summed E-state index contributed by atoms with van der Waals surface area (Å²) in [6.07, 6.45) is 4.33. The quantitative estimate of drug-likeness (QED) is 0.236. The fourth-order valence-corrected chi connectivity index (χ4v) is 6.49. The third-order valence-electron chi connectivity index (χ3n) is 10.0. The lowest BCUT2D eigenvalue weighted by Crippen LogP contribution is -2.51. The van der Waals surface area contributed by atoms with E-state index in [1.807, 2.05) is 53.0 Å². The lowest BCUT2D eigenvalue weighted by molar-refractivity contribution is -0.157. The van der Waals surface area contributed by atoms with Crippen LogP contribution in [0.25, 0.3) is 6.08 Å². The molecule has 2 N–H and O–H groups in total. The molecule has 2 aliphatic rings. The van der Waals surface area contributed by atoms with Gasteiger partial charge in [0.2, 0.25) is 0 Å². The lowest BCUT2D eigenvalue weighted by Gasteiger charge is -2.44. The monoisotopic (exact) mass is 589 g/mol. The van der Waals surface area contributed by atoms with Crippen molar-refractivity contribution in [3.05, 3.63) is 33.8 Å². The maximum absolute atomic E-state index is 13.9. The molecule has 1 fully saturated rings. The van der Waals surface area contributed by atoms with Gasteiger partial charge in [0.15, 0.2) is 0 Å². The Balaban J connectivity index is 1.98. The molecule has 0 amide bonds. The first-order valence-corrected chi connectivity index (χ1v) is 15.7. The van der Waals surface area contributed by atoms with Gasteiger partial charge in [-0.05, 0) is 56.1 Å². The smallest absolute Gasteiger partial charge is 0.309 e. The zero-order valence-electron chi connectivity index (χ0n) is 26.8. The summed E-state index contributed by atoms with van der Waals surface area (Å²) in [5.74, 6) is -1.31. The van der Waals surface area contributed by atoms with Gasteiger partial charge in [0, 0.05) is 17.2 Å². The number of hydrogen-bond acceptors (Lipinski definition) is 8. The van der Waals surface area contributed by atoms with E-state index in [0.717, 1.165) is 16.3 Å². The summed E-state index contributed by atoms with van der Waals surface area (Å²) in [6, 6.07) is 0. The number of rotatable bonds is 2. The highest BCUT2D eigenvalue weighted by molar-refractivity contribution is 7.09. The van der Waals surface area contributed by atoms with Crippen LogP contribution in [0.5, 0.6) is 0 Å². The van der Waals surface area contributed by atoms with Crippen molar-refractivity contribution in [2.75, 3.05) is 0 Å². The Kier molecular flexibility index (Phi) is 9.86. The van der Waals surface area contributed by atoms with Crippen LogP contribution in [0.1, 0.15) is 99.2 Å². The van der Waals surface area contributed by atoms with Gasteiger partial charge >= 0.3 is 5.97 Å². The number of Topliss-reactive ketones (excluding diaryl/α,β-unsaturated/α-hetero) is 1. The van der Waals surface area contributed by atoms with Gasteiger partial charge in [-0.1, -0.05) is 67.5 Å². The van der Waals surface area contributed by atoms with Crippen molar-refractivity contribution in [2.45, 2.75) is 125 Å². The fourth-order valence-electron chi connectivity index (χ4n) is 5.92. The third kappa shape index (κ3) is 7.38. The summed E-state index contributed by atoms with van der Waals surface area (Å²) >= 11 is 1.56. The second kappa shape index (κ2) is 12.0. The van der Waals surface area contributed by atoms with Crippen molar-refractivity contribution in [3.63, 3.8) is 0 Å². The van der Waals surface area contributed by atoms with Gasteiger partial charge in [0.25, 0.3) is 0 Å². The normalized spacial score (nSPS) is 37.3. The van der Waals surface area contributed by atoms with E-state index in [0.29, 0.717) is 12.8 Å². The highest BCUT2D eigenvalue weighted by Gasteiger charge is 2.53. The molecular weight excluding hydrogens is 538 g/mol. The highest BCUT2D eigenvalue weighted by Crippen LogP contribution is 2.46. The summed E-state index contributed by atoms with van der Waals surface area (Å²) < 4.78 is 12.1. The number of hydrogen-bond donors (Lipinski definition) is 2. The minimum Gasteiger partial charge on any atom is -0.458 e. The molecule has 8 heteroatoms. The van der Waals surface area contributed by atoms with Gasteiger partial charge in [0.05, 0.1) is 46.5 Å². The van der Waals surface area contributed by atoms with E-state index >= 15 is 0 Å². The number of esters is 1.